The van der Waals surface area contributed by atoms with Crippen LogP contribution in [0.2, 0.25) is 0 Å². The van der Waals surface area contributed by atoms with Crippen molar-refractivity contribution in [3.05, 3.63) is 41.7 Å². The largest absolute Gasteiger partial charge is 0.464 e. The minimum atomic E-state index is -0.487. The van der Waals surface area contributed by atoms with Gasteiger partial charge in [0.25, 0.3) is 0 Å². The van der Waals surface area contributed by atoms with Crippen molar-refractivity contribution in [3.63, 3.8) is 0 Å². The maximum atomic E-state index is 11.9. The standard InChI is InChI=1S/C15H13N3O2/c1-9-8-11-12(16-9)13(15(19)20-2)18-14(17-11)10-6-4-3-5-7-10/h3-7H,8H2,1-2H3. The lowest BCUT2D eigenvalue weighted by atomic mass is 10.1. The lowest BCUT2D eigenvalue weighted by molar-refractivity contribution is 0.0595. The molecule has 100 valence electrons. The third-order valence-electron chi connectivity index (χ3n) is 3.09. The summed E-state index contributed by atoms with van der Waals surface area (Å²) in [5.41, 5.74) is 3.33. The molecule has 3 rings (SSSR count). The van der Waals surface area contributed by atoms with Crippen LogP contribution in [0.5, 0.6) is 0 Å². The topological polar surface area (TPSA) is 64.4 Å². The molecular weight excluding hydrogens is 254 g/mol. The van der Waals surface area contributed by atoms with Crippen LogP contribution >= 0.6 is 0 Å². The molecule has 0 saturated carbocycles. The fraction of sp³-hybridized carbons (Fsp3) is 0.200. The molecule has 1 aliphatic heterocycles. The third-order valence-corrected chi connectivity index (χ3v) is 3.09. The maximum absolute atomic E-state index is 11.9. The minimum absolute atomic E-state index is 0.230. The van der Waals surface area contributed by atoms with Gasteiger partial charge < -0.3 is 4.74 Å². The van der Waals surface area contributed by atoms with Gasteiger partial charge in [0.1, 0.15) is 5.69 Å². The number of carbonyl (C=O) groups excluding carboxylic acids is 1. The van der Waals surface area contributed by atoms with Gasteiger partial charge in [-0.3, -0.25) is 4.99 Å². The number of benzene rings is 1. The molecule has 1 aliphatic rings. The van der Waals surface area contributed by atoms with Crippen LogP contribution in [0.3, 0.4) is 0 Å². The summed E-state index contributed by atoms with van der Waals surface area (Å²) in [5, 5.41) is 0. The van der Waals surface area contributed by atoms with Crippen LogP contribution < -0.4 is 0 Å². The molecule has 0 aliphatic carbocycles. The van der Waals surface area contributed by atoms with Crippen molar-refractivity contribution >= 4 is 17.4 Å². The lowest BCUT2D eigenvalue weighted by Gasteiger charge is -2.07. The predicted octanol–water partition coefficient (Wildman–Crippen LogP) is 2.58. The summed E-state index contributed by atoms with van der Waals surface area (Å²) >= 11 is 0. The highest BCUT2D eigenvalue weighted by atomic mass is 16.5. The van der Waals surface area contributed by atoms with Crippen molar-refractivity contribution in [3.8, 4) is 11.4 Å². The molecule has 2 aromatic rings. The molecular formula is C15H13N3O2. The molecule has 20 heavy (non-hydrogen) atoms. The number of ether oxygens (including phenoxy) is 1. The van der Waals surface area contributed by atoms with E-state index in [0.29, 0.717) is 17.9 Å². The SMILES string of the molecule is COC(=O)c1nc(-c2ccccc2)nc2c1N=C(C)C2. The Kier molecular flexibility index (Phi) is 3.02. The first-order valence-electron chi connectivity index (χ1n) is 6.28. The summed E-state index contributed by atoms with van der Waals surface area (Å²) in [6.07, 6.45) is 0.641. The summed E-state index contributed by atoms with van der Waals surface area (Å²) in [6.45, 7) is 1.91. The van der Waals surface area contributed by atoms with Crippen LogP contribution in [0.25, 0.3) is 11.4 Å². The predicted molar refractivity (Wildman–Crippen MR) is 75.3 cm³/mol. The van der Waals surface area contributed by atoms with Gasteiger partial charge in [-0.25, -0.2) is 14.8 Å². The van der Waals surface area contributed by atoms with Gasteiger partial charge in [-0.1, -0.05) is 30.3 Å². The number of aliphatic imine (C=N–C) groups is 1. The molecule has 5 nitrogen and oxygen atoms in total. The van der Waals surface area contributed by atoms with Crippen molar-refractivity contribution in [1.82, 2.24) is 9.97 Å². The average Bonchev–Trinajstić information content (AvgIpc) is 2.86. The van der Waals surface area contributed by atoms with Crippen molar-refractivity contribution in [1.29, 1.82) is 0 Å². The fourth-order valence-electron chi connectivity index (χ4n) is 2.17. The first-order chi connectivity index (χ1) is 9.69. The Bertz CT molecular complexity index is 709. The summed E-state index contributed by atoms with van der Waals surface area (Å²) in [6, 6.07) is 9.55. The van der Waals surface area contributed by atoms with E-state index in [1.165, 1.54) is 7.11 Å². The Morgan fingerprint density at radius 3 is 2.65 bits per heavy atom. The van der Waals surface area contributed by atoms with E-state index >= 15 is 0 Å². The second kappa shape index (κ2) is 4.85. The summed E-state index contributed by atoms with van der Waals surface area (Å²) < 4.78 is 4.79. The van der Waals surface area contributed by atoms with Crippen LogP contribution in [-0.4, -0.2) is 28.8 Å². The van der Waals surface area contributed by atoms with E-state index in [-0.39, 0.29) is 5.69 Å². The Hall–Kier alpha value is -2.56. The molecule has 1 aromatic heterocycles. The van der Waals surface area contributed by atoms with Gasteiger partial charge in [0.05, 0.1) is 12.8 Å². The monoisotopic (exact) mass is 267 g/mol. The molecule has 5 heteroatoms. The Morgan fingerprint density at radius 2 is 1.95 bits per heavy atom. The van der Waals surface area contributed by atoms with E-state index < -0.39 is 5.97 Å². The summed E-state index contributed by atoms with van der Waals surface area (Å²) in [4.78, 5) is 25.1. The van der Waals surface area contributed by atoms with E-state index in [4.69, 9.17) is 4.74 Å². The number of rotatable bonds is 2. The third kappa shape index (κ3) is 2.07. The van der Waals surface area contributed by atoms with Crippen molar-refractivity contribution < 1.29 is 9.53 Å². The molecule has 0 N–H and O–H groups in total. The number of aromatic nitrogens is 2. The lowest BCUT2D eigenvalue weighted by Crippen LogP contribution is -2.08. The van der Waals surface area contributed by atoms with E-state index in [2.05, 4.69) is 15.0 Å². The number of methoxy groups -OCH3 is 1. The van der Waals surface area contributed by atoms with E-state index in [9.17, 15) is 4.79 Å². The molecule has 0 saturated heterocycles. The Balaban J connectivity index is 2.18. The minimum Gasteiger partial charge on any atom is -0.464 e. The zero-order valence-electron chi connectivity index (χ0n) is 11.3. The highest BCUT2D eigenvalue weighted by Gasteiger charge is 2.24. The van der Waals surface area contributed by atoms with Gasteiger partial charge in [0.2, 0.25) is 0 Å². The molecule has 0 bridgehead atoms. The molecule has 0 unspecified atom stereocenters. The maximum Gasteiger partial charge on any atom is 0.359 e. The normalized spacial score (nSPS) is 12.8. The highest BCUT2D eigenvalue weighted by molar-refractivity contribution is 6.00. The van der Waals surface area contributed by atoms with E-state index in [1.54, 1.807) is 0 Å². The second-order valence-electron chi connectivity index (χ2n) is 4.57. The zero-order chi connectivity index (χ0) is 14.1. The van der Waals surface area contributed by atoms with Gasteiger partial charge in [-0.2, -0.15) is 0 Å². The van der Waals surface area contributed by atoms with E-state index in [0.717, 1.165) is 17.0 Å². The highest BCUT2D eigenvalue weighted by Crippen LogP contribution is 2.31. The van der Waals surface area contributed by atoms with Gasteiger partial charge in [0, 0.05) is 17.7 Å². The fourth-order valence-corrected chi connectivity index (χ4v) is 2.17. The van der Waals surface area contributed by atoms with Crippen molar-refractivity contribution in [2.75, 3.05) is 7.11 Å². The van der Waals surface area contributed by atoms with Gasteiger partial charge >= 0.3 is 5.97 Å². The van der Waals surface area contributed by atoms with Crippen LogP contribution in [0.15, 0.2) is 35.3 Å². The van der Waals surface area contributed by atoms with Crippen molar-refractivity contribution in [2.24, 2.45) is 4.99 Å². The number of carbonyl (C=O) groups is 1. The number of hydrogen-bond acceptors (Lipinski definition) is 5. The number of esters is 1. The number of nitrogens with zero attached hydrogens (tertiary/aromatic N) is 3. The Morgan fingerprint density at radius 1 is 1.20 bits per heavy atom. The van der Waals surface area contributed by atoms with Crippen LogP contribution in [0.1, 0.15) is 23.1 Å². The van der Waals surface area contributed by atoms with Crippen LogP contribution in [0.4, 0.5) is 5.69 Å². The smallest absolute Gasteiger partial charge is 0.359 e. The molecule has 0 spiro atoms. The molecule has 0 atom stereocenters. The van der Waals surface area contributed by atoms with Gasteiger partial charge in [-0.15, -0.1) is 0 Å². The molecule has 2 heterocycles. The van der Waals surface area contributed by atoms with Gasteiger partial charge in [0.15, 0.2) is 11.5 Å². The summed E-state index contributed by atoms with van der Waals surface area (Å²) in [5.74, 6) is 0.0360. The number of hydrogen-bond donors (Lipinski definition) is 0. The van der Waals surface area contributed by atoms with E-state index in [1.807, 2.05) is 37.3 Å². The first-order valence-corrected chi connectivity index (χ1v) is 6.28. The zero-order valence-corrected chi connectivity index (χ0v) is 11.3. The van der Waals surface area contributed by atoms with Gasteiger partial charge in [-0.05, 0) is 6.92 Å². The van der Waals surface area contributed by atoms with Crippen LogP contribution in [0, 0.1) is 0 Å². The summed E-state index contributed by atoms with van der Waals surface area (Å²) in [7, 11) is 1.34. The molecule has 0 radical (unpaired) electrons. The quantitative estimate of drug-likeness (QED) is 0.784. The number of fused-ring (bicyclic) bond motifs is 1. The first kappa shape index (κ1) is 12.5. The molecule has 1 aromatic carbocycles. The second-order valence-corrected chi connectivity index (χ2v) is 4.57. The Labute approximate surface area is 116 Å². The van der Waals surface area contributed by atoms with Crippen LogP contribution in [-0.2, 0) is 11.2 Å². The molecule has 0 fully saturated rings. The average molecular weight is 267 g/mol. The van der Waals surface area contributed by atoms with Crippen molar-refractivity contribution in [2.45, 2.75) is 13.3 Å². The molecule has 0 amide bonds.